The van der Waals surface area contributed by atoms with Crippen molar-refractivity contribution >= 4 is 6.03 Å². The van der Waals surface area contributed by atoms with E-state index in [1.165, 1.54) is 0 Å². The Balaban J connectivity index is 1.62. The van der Waals surface area contributed by atoms with Gasteiger partial charge in [-0.3, -0.25) is 0 Å². The van der Waals surface area contributed by atoms with Gasteiger partial charge in [-0.05, 0) is 31.6 Å². The molecule has 23 heavy (non-hydrogen) atoms. The van der Waals surface area contributed by atoms with Crippen LogP contribution in [0.15, 0.2) is 0 Å². The third-order valence-electron chi connectivity index (χ3n) is 4.68. The molecule has 2 atom stereocenters. The van der Waals surface area contributed by atoms with Gasteiger partial charge >= 0.3 is 6.03 Å². The van der Waals surface area contributed by atoms with Crippen molar-refractivity contribution < 1.29 is 9.90 Å². The highest BCUT2D eigenvalue weighted by Gasteiger charge is 2.32. The predicted octanol–water partition coefficient (Wildman–Crippen LogP) is 1.65. The molecule has 1 aromatic heterocycles. The number of aliphatic hydroxyl groups excluding tert-OH is 1. The Labute approximate surface area is 137 Å². The molecule has 128 valence electrons. The highest BCUT2D eigenvalue weighted by Crippen LogP contribution is 2.32. The minimum absolute atomic E-state index is 0.100. The fraction of sp³-hybridized carbons (Fsp3) is 0.812. The van der Waals surface area contributed by atoms with Gasteiger partial charge < -0.3 is 15.3 Å². The average molecular weight is 321 g/mol. The van der Waals surface area contributed by atoms with E-state index in [-0.39, 0.29) is 18.0 Å². The van der Waals surface area contributed by atoms with Gasteiger partial charge in [0.05, 0.1) is 12.1 Å². The molecule has 0 spiro atoms. The summed E-state index contributed by atoms with van der Waals surface area (Å²) in [4.78, 5) is 18.6. The molecular formula is C16H27N5O2. The molecule has 1 aromatic rings. The Bertz CT molecular complexity index is 567. The number of hydrogen-bond donors (Lipinski definition) is 2. The summed E-state index contributed by atoms with van der Waals surface area (Å²) in [6.45, 7) is 5.38. The lowest BCUT2D eigenvalue weighted by atomic mass is 10.1. The van der Waals surface area contributed by atoms with Crippen LogP contribution in [0.2, 0.25) is 0 Å². The molecule has 3 rings (SSSR count). The maximum absolute atomic E-state index is 12.4. The van der Waals surface area contributed by atoms with Crippen LogP contribution in [-0.4, -0.2) is 50.5 Å². The molecule has 2 N–H and O–H groups in total. The van der Waals surface area contributed by atoms with Crippen molar-refractivity contribution in [2.24, 2.45) is 5.92 Å². The molecule has 0 saturated heterocycles. The van der Waals surface area contributed by atoms with Gasteiger partial charge in [0, 0.05) is 26.1 Å². The van der Waals surface area contributed by atoms with Crippen molar-refractivity contribution in [2.75, 3.05) is 13.6 Å². The highest BCUT2D eigenvalue weighted by atomic mass is 16.3. The maximum atomic E-state index is 12.4. The Hall–Kier alpha value is -1.63. The molecule has 1 aliphatic carbocycles. The van der Waals surface area contributed by atoms with E-state index in [1.807, 2.05) is 4.68 Å². The molecule has 7 heteroatoms. The average Bonchev–Trinajstić information content (AvgIpc) is 3.26. The molecule has 0 radical (unpaired) electrons. The molecule has 2 unspecified atom stereocenters. The number of likely N-dealkylation sites (N-methyl/N-ethyl adjacent to an activating group) is 1. The van der Waals surface area contributed by atoms with Gasteiger partial charge in [-0.2, -0.15) is 5.10 Å². The van der Waals surface area contributed by atoms with Crippen molar-refractivity contribution in [3.63, 3.8) is 0 Å². The van der Waals surface area contributed by atoms with E-state index >= 15 is 0 Å². The van der Waals surface area contributed by atoms with Crippen LogP contribution in [0.4, 0.5) is 4.79 Å². The number of aromatic nitrogens is 3. The van der Waals surface area contributed by atoms with Gasteiger partial charge in [-0.25, -0.2) is 14.5 Å². The number of fused-ring (bicyclic) bond motifs is 1. The van der Waals surface area contributed by atoms with E-state index in [0.29, 0.717) is 12.5 Å². The highest BCUT2D eigenvalue weighted by molar-refractivity contribution is 5.74. The van der Waals surface area contributed by atoms with Crippen LogP contribution >= 0.6 is 0 Å². The minimum atomic E-state index is -0.409. The number of carbonyl (C=O) groups is 1. The lowest BCUT2D eigenvalue weighted by Gasteiger charge is -2.27. The summed E-state index contributed by atoms with van der Waals surface area (Å²) in [5.41, 5.74) is 0. The standard InChI is InChI=1S/C16H27N5O2/c1-10(2)14-18-15-12(5-4-8-21(15)19-14)17-16(23)20(3)9-13(22)11-6-7-11/h10-13,22H,4-9H2,1-3H3,(H,17,23). The van der Waals surface area contributed by atoms with E-state index < -0.39 is 6.10 Å². The Morgan fingerprint density at radius 3 is 2.83 bits per heavy atom. The summed E-state index contributed by atoms with van der Waals surface area (Å²) in [5, 5.41) is 17.6. The first-order valence-electron chi connectivity index (χ1n) is 8.60. The number of hydrogen-bond acceptors (Lipinski definition) is 4. The fourth-order valence-electron chi connectivity index (χ4n) is 3.00. The number of carbonyl (C=O) groups excluding carboxylic acids is 1. The van der Waals surface area contributed by atoms with Gasteiger partial charge in [-0.15, -0.1) is 0 Å². The smallest absolute Gasteiger partial charge is 0.317 e. The molecular weight excluding hydrogens is 294 g/mol. The zero-order valence-corrected chi connectivity index (χ0v) is 14.2. The van der Waals surface area contributed by atoms with E-state index in [1.54, 1.807) is 11.9 Å². The molecule has 0 aromatic carbocycles. The molecule has 2 aliphatic rings. The van der Waals surface area contributed by atoms with Crippen LogP contribution in [0.5, 0.6) is 0 Å². The number of rotatable bonds is 5. The van der Waals surface area contributed by atoms with E-state index in [4.69, 9.17) is 0 Å². The summed E-state index contributed by atoms with van der Waals surface area (Å²) in [6, 6.07) is -0.256. The number of urea groups is 1. The van der Waals surface area contributed by atoms with Crippen molar-refractivity contribution in [3.05, 3.63) is 11.6 Å². The van der Waals surface area contributed by atoms with E-state index in [9.17, 15) is 9.90 Å². The normalized spacial score (nSPS) is 21.9. The van der Waals surface area contributed by atoms with Gasteiger partial charge in [0.1, 0.15) is 5.82 Å². The van der Waals surface area contributed by atoms with Gasteiger partial charge in [0.2, 0.25) is 0 Å². The maximum Gasteiger partial charge on any atom is 0.317 e. The number of amides is 2. The number of nitrogens with one attached hydrogen (secondary N) is 1. The third-order valence-corrected chi connectivity index (χ3v) is 4.68. The zero-order valence-electron chi connectivity index (χ0n) is 14.2. The number of aryl methyl sites for hydroxylation is 1. The third kappa shape index (κ3) is 3.65. The van der Waals surface area contributed by atoms with Crippen LogP contribution < -0.4 is 5.32 Å². The van der Waals surface area contributed by atoms with Crippen LogP contribution in [0.25, 0.3) is 0 Å². The molecule has 1 aliphatic heterocycles. The topological polar surface area (TPSA) is 83.3 Å². The van der Waals surface area contributed by atoms with Crippen LogP contribution in [0.1, 0.15) is 63.1 Å². The molecule has 0 bridgehead atoms. The quantitative estimate of drug-likeness (QED) is 0.864. The molecule has 2 amide bonds. The van der Waals surface area contributed by atoms with E-state index in [0.717, 1.165) is 43.9 Å². The van der Waals surface area contributed by atoms with Crippen molar-refractivity contribution in [1.82, 2.24) is 25.0 Å². The molecule has 1 saturated carbocycles. The molecule has 7 nitrogen and oxygen atoms in total. The largest absolute Gasteiger partial charge is 0.391 e. The monoisotopic (exact) mass is 321 g/mol. The molecule has 2 heterocycles. The predicted molar refractivity (Wildman–Crippen MR) is 86.0 cm³/mol. The van der Waals surface area contributed by atoms with Gasteiger partial charge in [0.15, 0.2) is 5.82 Å². The second-order valence-corrected chi connectivity index (χ2v) is 7.14. The fourth-order valence-corrected chi connectivity index (χ4v) is 3.00. The van der Waals surface area contributed by atoms with Crippen molar-refractivity contribution in [1.29, 1.82) is 0 Å². The second kappa shape index (κ2) is 6.47. The van der Waals surface area contributed by atoms with Crippen LogP contribution in [0, 0.1) is 5.92 Å². The molecule has 1 fully saturated rings. The zero-order chi connectivity index (χ0) is 16.6. The summed E-state index contributed by atoms with van der Waals surface area (Å²) < 4.78 is 1.92. The Morgan fingerprint density at radius 1 is 1.43 bits per heavy atom. The Kier molecular flexibility index (Phi) is 4.57. The summed E-state index contributed by atoms with van der Waals surface area (Å²) in [6.07, 6.45) is 3.59. The number of aliphatic hydroxyl groups is 1. The first-order valence-corrected chi connectivity index (χ1v) is 8.60. The lowest BCUT2D eigenvalue weighted by molar-refractivity contribution is 0.112. The van der Waals surface area contributed by atoms with Crippen molar-refractivity contribution in [2.45, 2.75) is 64.1 Å². The van der Waals surface area contributed by atoms with Gasteiger partial charge in [0.25, 0.3) is 0 Å². The minimum Gasteiger partial charge on any atom is -0.391 e. The van der Waals surface area contributed by atoms with Crippen LogP contribution in [-0.2, 0) is 6.54 Å². The Morgan fingerprint density at radius 2 is 2.17 bits per heavy atom. The summed E-state index contributed by atoms with van der Waals surface area (Å²) in [5.74, 6) is 2.33. The first-order chi connectivity index (χ1) is 11.0. The number of nitrogens with zero attached hydrogens (tertiary/aromatic N) is 4. The van der Waals surface area contributed by atoms with Gasteiger partial charge in [-0.1, -0.05) is 13.8 Å². The van der Waals surface area contributed by atoms with Crippen LogP contribution in [0.3, 0.4) is 0 Å². The van der Waals surface area contributed by atoms with E-state index in [2.05, 4.69) is 29.2 Å². The summed E-state index contributed by atoms with van der Waals surface area (Å²) in [7, 11) is 1.73. The SMILES string of the molecule is CC(C)c1nc2n(n1)CCCC2NC(=O)N(C)CC(O)C1CC1. The first kappa shape index (κ1) is 16.2. The van der Waals surface area contributed by atoms with Crippen molar-refractivity contribution in [3.8, 4) is 0 Å². The second-order valence-electron chi connectivity index (χ2n) is 7.14. The lowest BCUT2D eigenvalue weighted by Crippen LogP contribution is -2.44. The summed E-state index contributed by atoms with van der Waals surface area (Å²) >= 11 is 0.